The summed E-state index contributed by atoms with van der Waals surface area (Å²) in [6.45, 7) is 10.9. The van der Waals surface area contributed by atoms with Crippen molar-refractivity contribution in [2.45, 2.75) is 46.5 Å². The SMILES string of the molecule is Cc1cc(C)cc(Cc2nc(C(C)(C)C)cs2)c1. The van der Waals surface area contributed by atoms with Crippen LogP contribution in [0.15, 0.2) is 23.6 Å². The molecule has 96 valence electrons. The smallest absolute Gasteiger partial charge is 0.0972 e. The summed E-state index contributed by atoms with van der Waals surface area (Å²) in [4.78, 5) is 4.75. The van der Waals surface area contributed by atoms with Crippen LogP contribution in [0.1, 0.15) is 48.2 Å². The van der Waals surface area contributed by atoms with Crippen molar-refractivity contribution in [2.75, 3.05) is 0 Å². The molecule has 0 saturated heterocycles. The van der Waals surface area contributed by atoms with Gasteiger partial charge in [0, 0.05) is 17.2 Å². The molecule has 1 aromatic carbocycles. The summed E-state index contributed by atoms with van der Waals surface area (Å²) in [5, 5.41) is 3.41. The first-order chi connectivity index (χ1) is 8.34. The standard InChI is InChI=1S/C16H21NS/c1-11-6-12(2)8-13(7-11)9-15-17-14(10-18-15)16(3,4)5/h6-8,10H,9H2,1-5H3. The highest BCUT2D eigenvalue weighted by atomic mass is 32.1. The second-order valence-corrected chi connectivity index (χ2v) is 6.99. The predicted octanol–water partition coefficient (Wildman–Crippen LogP) is 4.65. The van der Waals surface area contributed by atoms with Crippen molar-refractivity contribution < 1.29 is 0 Å². The molecule has 18 heavy (non-hydrogen) atoms. The van der Waals surface area contributed by atoms with Crippen LogP contribution in [-0.4, -0.2) is 4.98 Å². The van der Waals surface area contributed by atoms with Crippen LogP contribution in [0.5, 0.6) is 0 Å². The zero-order chi connectivity index (χ0) is 13.3. The van der Waals surface area contributed by atoms with E-state index < -0.39 is 0 Å². The third kappa shape index (κ3) is 3.20. The lowest BCUT2D eigenvalue weighted by Crippen LogP contribution is -2.11. The van der Waals surface area contributed by atoms with Gasteiger partial charge in [-0.1, -0.05) is 50.1 Å². The van der Waals surface area contributed by atoms with Gasteiger partial charge < -0.3 is 0 Å². The van der Waals surface area contributed by atoms with Gasteiger partial charge in [0.15, 0.2) is 0 Å². The zero-order valence-corrected chi connectivity index (χ0v) is 12.7. The lowest BCUT2D eigenvalue weighted by Gasteiger charge is -2.14. The lowest BCUT2D eigenvalue weighted by molar-refractivity contribution is 0.571. The van der Waals surface area contributed by atoms with Crippen molar-refractivity contribution in [3.05, 3.63) is 51.0 Å². The minimum absolute atomic E-state index is 0.150. The molecule has 0 radical (unpaired) electrons. The zero-order valence-electron chi connectivity index (χ0n) is 11.9. The van der Waals surface area contributed by atoms with Gasteiger partial charge in [0.2, 0.25) is 0 Å². The molecule has 0 bridgehead atoms. The molecule has 0 aliphatic carbocycles. The van der Waals surface area contributed by atoms with Gasteiger partial charge >= 0.3 is 0 Å². The van der Waals surface area contributed by atoms with Crippen molar-refractivity contribution in [3.63, 3.8) is 0 Å². The van der Waals surface area contributed by atoms with Gasteiger partial charge in [0.05, 0.1) is 10.7 Å². The van der Waals surface area contributed by atoms with E-state index in [9.17, 15) is 0 Å². The van der Waals surface area contributed by atoms with Gasteiger partial charge in [-0.2, -0.15) is 0 Å². The van der Waals surface area contributed by atoms with E-state index in [0.717, 1.165) is 6.42 Å². The number of aryl methyl sites for hydroxylation is 2. The molecule has 0 spiro atoms. The second-order valence-electron chi connectivity index (χ2n) is 6.05. The normalized spacial score (nSPS) is 11.8. The van der Waals surface area contributed by atoms with E-state index in [2.05, 4.69) is 58.2 Å². The van der Waals surface area contributed by atoms with Gasteiger partial charge in [-0.25, -0.2) is 4.98 Å². The number of rotatable bonds is 2. The topological polar surface area (TPSA) is 12.9 Å². The van der Waals surface area contributed by atoms with Crippen LogP contribution in [-0.2, 0) is 11.8 Å². The van der Waals surface area contributed by atoms with Crippen molar-refractivity contribution in [1.29, 1.82) is 0 Å². The highest BCUT2D eigenvalue weighted by Crippen LogP contribution is 2.25. The molecular weight excluding hydrogens is 238 g/mol. The highest BCUT2D eigenvalue weighted by Gasteiger charge is 2.17. The molecule has 2 aromatic rings. The maximum absolute atomic E-state index is 4.75. The Balaban J connectivity index is 2.21. The fourth-order valence-electron chi connectivity index (χ4n) is 2.08. The van der Waals surface area contributed by atoms with Gasteiger partial charge in [0.25, 0.3) is 0 Å². The average Bonchev–Trinajstić information content (AvgIpc) is 2.63. The summed E-state index contributed by atoms with van der Waals surface area (Å²) in [7, 11) is 0. The largest absolute Gasteiger partial charge is 0.245 e. The molecular formula is C16H21NS. The van der Waals surface area contributed by atoms with E-state index in [-0.39, 0.29) is 5.41 Å². The molecule has 0 unspecified atom stereocenters. The van der Waals surface area contributed by atoms with Crippen molar-refractivity contribution >= 4 is 11.3 Å². The third-order valence-electron chi connectivity index (χ3n) is 2.96. The van der Waals surface area contributed by atoms with Crippen LogP contribution >= 0.6 is 11.3 Å². The van der Waals surface area contributed by atoms with Crippen molar-refractivity contribution in [2.24, 2.45) is 0 Å². The van der Waals surface area contributed by atoms with E-state index in [1.54, 1.807) is 11.3 Å². The Morgan fingerprint density at radius 1 is 1.06 bits per heavy atom. The monoisotopic (exact) mass is 259 g/mol. The first-order valence-corrected chi connectivity index (χ1v) is 7.24. The second kappa shape index (κ2) is 4.85. The molecule has 2 heteroatoms. The number of hydrogen-bond donors (Lipinski definition) is 0. The number of aromatic nitrogens is 1. The van der Waals surface area contributed by atoms with Gasteiger partial charge in [-0.15, -0.1) is 11.3 Å². The Morgan fingerprint density at radius 2 is 1.67 bits per heavy atom. The van der Waals surface area contributed by atoms with Crippen LogP contribution in [0.25, 0.3) is 0 Å². The van der Waals surface area contributed by atoms with Gasteiger partial charge in [-0.05, 0) is 19.4 Å². The van der Waals surface area contributed by atoms with E-state index in [1.807, 2.05) is 0 Å². The Labute approximate surface area is 114 Å². The van der Waals surface area contributed by atoms with E-state index in [0.29, 0.717) is 0 Å². The molecule has 1 aromatic heterocycles. The maximum atomic E-state index is 4.75. The lowest BCUT2D eigenvalue weighted by atomic mass is 9.93. The number of hydrogen-bond acceptors (Lipinski definition) is 2. The van der Waals surface area contributed by atoms with Gasteiger partial charge in [-0.3, -0.25) is 0 Å². The summed E-state index contributed by atoms with van der Waals surface area (Å²) in [5.41, 5.74) is 5.38. The average molecular weight is 259 g/mol. The Morgan fingerprint density at radius 3 is 2.17 bits per heavy atom. The van der Waals surface area contributed by atoms with E-state index in [1.165, 1.54) is 27.4 Å². The molecule has 0 N–H and O–H groups in total. The summed E-state index contributed by atoms with van der Waals surface area (Å²) >= 11 is 1.77. The molecule has 0 amide bonds. The fraction of sp³-hybridized carbons (Fsp3) is 0.438. The molecule has 1 heterocycles. The van der Waals surface area contributed by atoms with Crippen LogP contribution in [0.2, 0.25) is 0 Å². The molecule has 0 fully saturated rings. The minimum atomic E-state index is 0.150. The quantitative estimate of drug-likeness (QED) is 0.765. The minimum Gasteiger partial charge on any atom is -0.245 e. The highest BCUT2D eigenvalue weighted by molar-refractivity contribution is 7.09. The molecule has 2 rings (SSSR count). The Bertz CT molecular complexity index is 526. The van der Waals surface area contributed by atoms with Crippen LogP contribution < -0.4 is 0 Å². The number of nitrogens with zero attached hydrogens (tertiary/aromatic N) is 1. The summed E-state index contributed by atoms with van der Waals surface area (Å²) < 4.78 is 0. The molecule has 1 nitrogen and oxygen atoms in total. The predicted molar refractivity (Wildman–Crippen MR) is 79.5 cm³/mol. The van der Waals surface area contributed by atoms with E-state index >= 15 is 0 Å². The number of benzene rings is 1. The Kier molecular flexibility index (Phi) is 3.58. The maximum Gasteiger partial charge on any atom is 0.0972 e. The molecule has 0 aliphatic heterocycles. The molecule has 0 atom stereocenters. The van der Waals surface area contributed by atoms with E-state index in [4.69, 9.17) is 4.98 Å². The summed E-state index contributed by atoms with van der Waals surface area (Å²) in [6, 6.07) is 6.72. The number of thiazole rings is 1. The van der Waals surface area contributed by atoms with Crippen LogP contribution in [0, 0.1) is 13.8 Å². The van der Waals surface area contributed by atoms with Crippen LogP contribution in [0.3, 0.4) is 0 Å². The molecule has 0 saturated carbocycles. The first-order valence-electron chi connectivity index (χ1n) is 6.36. The summed E-state index contributed by atoms with van der Waals surface area (Å²) in [5.74, 6) is 0. The third-order valence-corrected chi connectivity index (χ3v) is 3.81. The van der Waals surface area contributed by atoms with Crippen molar-refractivity contribution in [1.82, 2.24) is 4.98 Å². The molecule has 0 aliphatic rings. The first kappa shape index (κ1) is 13.3. The van der Waals surface area contributed by atoms with Gasteiger partial charge in [0.1, 0.15) is 0 Å². The summed E-state index contributed by atoms with van der Waals surface area (Å²) in [6.07, 6.45) is 0.948. The fourth-order valence-corrected chi connectivity index (χ4v) is 3.14. The van der Waals surface area contributed by atoms with Crippen LogP contribution in [0.4, 0.5) is 0 Å². The van der Waals surface area contributed by atoms with Crippen molar-refractivity contribution in [3.8, 4) is 0 Å². The Hall–Kier alpha value is -1.15.